The molecule has 0 unspecified atom stereocenters. The summed E-state index contributed by atoms with van der Waals surface area (Å²) in [7, 11) is 3.42. The van der Waals surface area contributed by atoms with Crippen molar-refractivity contribution in [1.82, 2.24) is 0 Å². The maximum Gasteiger partial charge on any atom is 0.119 e. The van der Waals surface area contributed by atoms with Crippen molar-refractivity contribution >= 4 is 43.1 Å². The lowest BCUT2D eigenvalue weighted by Crippen LogP contribution is -1.88. The Morgan fingerprint density at radius 1 is 0.500 bits per heavy atom. The van der Waals surface area contributed by atoms with Gasteiger partial charge in [-0.15, -0.1) is 0 Å². The van der Waals surface area contributed by atoms with Crippen molar-refractivity contribution in [2.75, 3.05) is 14.2 Å². The fraction of sp³-hybridized carbons (Fsp3) is 0.0833. The number of hydrogen-bond acceptors (Lipinski definition) is 2. The standard InChI is InChI=1S/C24H18O2/c1-25-16-9-7-15-8-11-21-19-6-4-3-5-18(19)20-12-10-17(26-2)14-23(20)24(21)22(15)13-16/h3-14H,1-2H3. The summed E-state index contributed by atoms with van der Waals surface area (Å²) in [6, 6.07) is 25.6. The van der Waals surface area contributed by atoms with E-state index in [2.05, 4.69) is 60.7 Å². The molecule has 0 atom stereocenters. The van der Waals surface area contributed by atoms with Gasteiger partial charge in [-0.2, -0.15) is 0 Å². The highest BCUT2D eigenvalue weighted by molar-refractivity contribution is 6.31. The molecule has 0 N–H and O–H groups in total. The number of benzene rings is 5. The molecule has 0 saturated heterocycles. The number of hydrogen-bond donors (Lipinski definition) is 0. The summed E-state index contributed by atoms with van der Waals surface area (Å²) < 4.78 is 11.0. The summed E-state index contributed by atoms with van der Waals surface area (Å²) in [6.07, 6.45) is 0. The van der Waals surface area contributed by atoms with E-state index in [1.54, 1.807) is 14.2 Å². The van der Waals surface area contributed by atoms with Gasteiger partial charge < -0.3 is 9.47 Å². The summed E-state index contributed by atoms with van der Waals surface area (Å²) in [6.45, 7) is 0. The van der Waals surface area contributed by atoms with Crippen LogP contribution >= 0.6 is 0 Å². The lowest BCUT2D eigenvalue weighted by atomic mass is 9.91. The molecule has 2 heteroatoms. The summed E-state index contributed by atoms with van der Waals surface area (Å²) in [5.41, 5.74) is 0. The van der Waals surface area contributed by atoms with E-state index < -0.39 is 0 Å². The van der Waals surface area contributed by atoms with Crippen LogP contribution in [0.3, 0.4) is 0 Å². The molecule has 0 radical (unpaired) electrons. The van der Waals surface area contributed by atoms with Crippen molar-refractivity contribution in [2.24, 2.45) is 0 Å². The van der Waals surface area contributed by atoms with Crippen LogP contribution in [0.4, 0.5) is 0 Å². The molecule has 26 heavy (non-hydrogen) atoms. The van der Waals surface area contributed by atoms with E-state index in [1.165, 1.54) is 43.1 Å². The Labute approximate surface area is 151 Å². The van der Waals surface area contributed by atoms with E-state index in [0.717, 1.165) is 11.5 Å². The molecule has 0 aliphatic heterocycles. The Hall–Kier alpha value is -3.26. The van der Waals surface area contributed by atoms with Crippen molar-refractivity contribution in [2.45, 2.75) is 0 Å². The second-order valence-electron chi connectivity index (χ2n) is 6.53. The van der Waals surface area contributed by atoms with Crippen LogP contribution in [0.2, 0.25) is 0 Å². The first-order valence-corrected chi connectivity index (χ1v) is 8.69. The van der Waals surface area contributed by atoms with Gasteiger partial charge in [-0.1, -0.05) is 48.5 Å². The molecule has 0 bridgehead atoms. The highest BCUT2D eigenvalue weighted by Gasteiger charge is 2.12. The van der Waals surface area contributed by atoms with E-state index in [1.807, 2.05) is 12.1 Å². The van der Waals surface area contributed by atoms with Crippen LogP contribution in [0, 0.1) is 0 Å². The summed E-state index contributed by atoms with van der Waals surface area (Å²) in [5.74, 6) is 1.74. The first-order chi connectivity index (χ1) is 12.8. The molecule has 0 amide bonds. The van der Waals surface area contributed by atoms with Gasteiger partial charge in [0.15, 0.2) is 0 Å². The van der Waals surface area contributed by atoms with Gasteiger partial charge in [-0.3, -0.25) is 0 Å². The van der Waals surface area contributed by atoms with Crippen LogP contribution < -0.4 is 9.47 Å². The molecule has 0 saturated carbocycles. The van der Waals surface area contributed by atoms with Crippen LogP contribution in [-0.2, 0) is 0 Å². The van der Waals surface area contributed by atoms with E-state index >= 15 is 0 Å². The summed E-state index contributed by atoms with van der Waals surface area (Å²) in [4.78, 5) is 0. The second-order valence-corrected chi connectivity index (χ2v) is 6.53. The third-order valence-electron chi connectivity index (χ3n) is 5.23. The van der Waals surface area contributed by atoms with E-state index in [4.69, 9.17) is 9.47 Å². The van der Waals surface area contributed by atoms with Gasteiger partial charge in [0.2, 0.25) is 0 Å². The molecule has 0 fully saturated rings. The van der Waals surface area contributed by atoms with Gasteiger partial charge in [0.1, 0.15) is 11.5 Å². The van der Waals surface area contributed by atoms with Crippen LogP contribution in [-0.4, -0.2) is 14.2 Å². The highest BCUT2D eigenvalue weighted by atomic mass is 16.5. The molecule has 5 aromatic carbocycles. The molecule has 0 aliphatic carbocycles. The molecule has 0 heterocycles. The van der Waals surface area contributed by atoms with Crippen LogP contribution in [0.5, 0.6) is 11.5 Å². The van der Waals surface area contributed by atoms with Gasteiger partial charge in [0.25, 0.3) is 0 Å². The van der Waals surface area contributed by atoms with E-state index in [9.17, 15) is 0 Å². The van der Waals surface area contributed by atoms with Crippen molar-refractivity contribution in [1.29, 1.82) is 0 Å². The number of methoxy groups -OCH3 is 2. The topological polar surface area (TPSA) is 18.5 Å². The normalized spacial score (nSPS) is 11.5. The lowest BCUT2D eigenvalue weighted by Gasteiger charge is -2.14. The van der Waals surface area contributed by atoms with Crippen molar-refractivity contribution in [3.05, 3.63) is 72.8 Å². The zero-order chi connectivity index (χ0) is 17.7. The lowest BCUT2D eigenvalue weighted by molar-refractivity contribution is 0.415. The second kappa shape index (κ2) is 5.63. The van der Waals surface area contributed by atoms with Gasteiger partial charge in [-0.05, 0) is 67.4 Å². The quantitative estimate of drug-likeness (QED) is 0.351. The summed E-state index contributed by atoms with van der Waals surface area (Å²) >= 11 is 0. The van der Waals surface area contributed by atoms with Gasteiger partial charge >= 0.3 is 0 Å². The van der Waals surface area contributed by atoms with Gasteiger partial charge in [-0.25, -0.2) is 0 Å². The van der Waals surface area contributed by atoms with Gasteiger partial charge in [0, 0.05) is 0 Å². The smallest absolute Gasteiger partial charge is 0.119 e. The van der Waals surface area contributed by atoms with E-state index in [0.29, 0.717) is 0 Å². The molecule has 5 rings (SSSR count). The molecular weight excluding hydrogens is 320 g/mol. The molecule has 126 valence electrons. The average Bonchev–Trinajstić information content (AvgIpc) is 2.72. The molecule has 0 aliphatic rings. The SMILES string of the molecule is COc1ccc2ccc3c4ccccc4c4ccc(OC)cc4c3c2c1. The monoisotopic (exact) mass is 338 g/mol. The Morgan fingerprint density at radius 2 is 1.04 bits per heavy atom. The first-order valence-electron chi connectivity index (χ1n) is 8.69. The minimum absolute atomic E-state index is 0.869. The third-order valence-corrected chi connectivity index (χ3v) is 5.23. The number of fused-ring (bicyclic) bond motifs is 8. The predicted molar refractivity (Wildman–Crippen MR) is 110 cm³/mol. The van der Waals surface area contributed by atoms with Crippen LogP contribution in [0.25, 0.3) is 43.1 Å². The predicted octanol–water partition coefficient (Wildman–Crippen LogP) is 6.32. The van der Waals surface area contributed by atoms with Crippen LogP contribution in [0.15, 0.2) is 72.8 Å². The summed E-state index contributed by atoms with van der Waals surface area (Å²) in [5, 5.41) is 9.88. The van der Waals surface area contributed by atoms with E-state index in [-0.39, 0.29) is 0 Å². The minimum atomic E-state index is 0.869. The first kappa shape index (κ1) is 15.0. The molecule has 0 spiro atoms. The van der Waals surface area contributed by atoms with Crippen molar-refractivity contribution in [3.8, 4) is 11.5 Å². The molecular formula is C24H18O2. The van der Waals surface area contributed by atoms with Gasteiger partial charge in [0.05, 0.1) is 14.2 Å². The largest absolute Gasteiger partial charge is 0.497 e. The zero-order valence-electron chi connectivity index (χ0n) is 14.7. The average molecular weight is 338 g/mol. The zero-order valence-corrected chi connectivity index (χ0v) is 14.7. The highest BCUT2D eigenvalue weighted by Crippen LogP contribution is 2.40. The maximum atomic E-state index is 5.52. The maximum absolute atomic E-state index is 5.52. The molecule has 0 aromatic heterocycles. The molecule has 2 nitrogen and oxygen atoms in total. The fourth-order valence-corrected chi connectivity index (χ4v) is 3.99. The third kappa shape index (κ3) is 2.05. The number of ether oxygens (including phenoxy) is 2. The van der Waals surface area contributed by atoms with Crippen LogP contribution in [0.1, 0.15) is 0 Å². The Bertz CT molecular complexity index is 1300. The minimum Gasteiger partial charge on any atom is -0.497 e. The number of rotatable bonds is 2. The Balaban J connectivity index is 2.13. The Morgan fingerprint density at radius 3 is 1.77 bits per heavy atom. The fourth-order valence-electron chi connectivity index (χ4n) is 3.99. The van der Waals surface area contributed by atoms with Crippen molar-refractivity contribution in [3.63, 3.8) is 0 Å². The molecule has 5 aromatic rings. The van der Waals surface area contributed by atoms with Crippen molar-refractivity contribution < 1.29 is 9.47 Å². The Kier molecular flexibility index (Phi) is 3.26.